The summed E-state index contributed by atoms with van der Waals surface area (Å²) in [7, 11) is 1.50. The van der Waals surface area contributed by atoms with E-state index in [9.17, 15) is 9.59 Å². The molecule has 2 amide bonds. The van der Waals surface area contributed by atoms with E-state index >= 15 is 0 Å². The Kier molecular flexibility index (Phi) is 4.25. The van der Waals surface area contributed by atoms with Crippen LogP contribution >= 0.6 is 11.3 Å². The first-order valence-corrected chi connectivity index (χ1v) is 7.63. The van der Waals surface area contributed by atoms with Crippen LogP contribution in [-0.4, -0.2) is 29.1 Å². The zero-order valence-electron chi connectivity index (χ0n) is 12.5. The molecule has 0 fully saturated rings. The molecule has 0 aliphatic heterocycles. The van der Waals surface area contributed by atoms with E-state index in [2.05, 4.69) is 15.5 Å². The quantitative estimate of drug-likeness (QED) is 0.731. The van der Waals surface area contributed by atoms with Gasteiger partial charge in [-0.1, -0.05) is 11.2 Å². The first-order valence-electron chi connectivity index (χ1n) is 6.75. The number of carbonyl (C=O) groups is 2. The standard InChI is InChI=1S/C15H12N4O4S/c1-22-9-4-2-3-8(7-9)13(21)18-14-10(12(16)20)11(19-23-14)15-17-5-6-24-15/h2-7H,1H3,(H2,16,20)(H,18,21). The average molecular weight is 344 g/mol. The number of nitrogens with two attached hydrogens (primary N) is 1. The first-order chi connectivity index (χ1) is 11.6. The van der Waals surface area contributed by atoms with E-state index in [-0.39, 0.29) is 17.1 Å². The molecule has 0 saturated heterocycles. The Morgan fingerprint density at radius 1 is 1.38 bits per heavy atom. The molecule has 3 N–H and O–H groups in total. The number of benzene rings is 1. The van der Waals surface area contributed by atoms with Crippen molar-refractivity contribution in [2.45, 2.75) is 0 Å². The van der Waals surface area contributed by atoms with Crippen LogP contribution in [0.2, 0.25) is 0 Å². The zero-order valence-corrected chi connectivity index (χ0v) is 13.3. The van der Waals surface area contributed by atoms with Gasteiger partial charge in [-0.15, -0.1) is 11.3 Å². The molecule has 24 heavy (non-hydrogen) atoms. The largest absolute Gasteiger partial charge is 0.497 e. The number of aromatic nitrogens is 2. The summed E-state index contributed by atoms with van der Waals surface area (Å²) in [4.78, 5) is 28.1. The van der Waals surface area contributed by atoms with Crippen LogP contribution in [-0.2, 0) is 0 Å². The van der Waals surface area contributed by atoms with E-state index in [4.69, 9.17) is 15.0 Å². The minimum atomic E-state index is -0.776. The van der Waals surface area contributed by atoms with Crippen molar-refractivity contribution in [3.8, 4) is 16.5 Å². The highest BCUT2D eigenvalue weighted by atomic mass is 32.1. The van der Waals surface area contributed by atoms with Gasteiger partial charge in [-0.2, -0.15) is 0 Å². The SMILES string of the molecule is COc1cccc(C(=O)Nc2onc(-c3nccs3)c2C(N)=O)c1. The van der Waals surface area contributed by atoms with Gasteiger partial charge in [0, 0.05) is 17.1 Å². The second-order valence-electron chi connectivity index (χ2n) is 4.62. The van der Waals surface area contributed by atoms with E-state index in [1.54, 1.807) is 35.8 Å². The maximum absolute atomic E-state index is 12.3. The molecule has 1 aromatic carbocycles. The van der Waals surface area contributed by atoms with Crippen molar-refractivity contribution in [3.05, 3.63) is 47.0 Å². The van der Waals surface area contributed by atoms with Crippen LogP contribution in [0.25, 0.3) is 10.7 Å². The number of hydrogen-bond donors (Lipinski definition) is 2. The summed E-state index contributed by atoms with van der Waals surface area (Å²) in [5.41, 5.74) is 5.89. The van der Waals surface area contributed by atoms with Gasteiger partial charge in [0.2, 0.25) is 5.88 Å². The van der Waals surface area contributed by atoms with Gasteiger partial charge < -0.3 is 15.0 Å². The summed E-state index contributed by atoms with van der Waals surface area (Å²) >= 11 is 1.27. The summed E-state index contributed by atoms with van der Waals surface area (Å²) in [6.45, 7) is 0. The van der Waals surface area contributed by atoms with Gasteiger partial charge >= 0.3 is 0 Å². The van der Waals surface area contributed by atoms with Crippen LogP contribution < -0.4 is 15.8 Å². The molecule has 0 aliphatic rings. The van der Waals surface area contributed by atoms with E-state index in [1.165, 1.54) is 18.4 Å². The Morgan fingerprint density at radius 2 is 2.21 bits per heavy atom. The van der Waals surface area contributed by atoms with Crippen LogP contribution in [0.3, 0.4) is 0 Å². The molecule has 0 atom stereocenters. The second kappa shape index (κ2) is 6.50. The number of rotatable bonds is 5. The second-order valence-corrected chi connectivity index (χ2v) is 5.52. The predicted molar refractivity (Wildman–Crippen MR) is 87.1 cm³/mol. The minimum absolute atomic E-state index is 0.0267. The fourth-order valence-corrected chi connectivity index (χ4v) is 2.65. The molecular formula is C15H12N4O4S. The van der Waals surface area contributed by atoms with Gasteiger partial charge in [0.1, 0.15) is 16.3 Å². The van der Waals surface area contributed by atoms with E-state index in [0.717, 1.165) is 0 Å². The lowest BCUT2D eigenvalue weighted by Gasteiger charge is -2.05. The molecule has 0 radical (unpaired) electrons. The molecule has 3 rings (SSSR count). The Balaban J connectivity index is 1.92. The fourth-order valence-electron chi connectivity index (χ4n) is 2.03. The van der Waals surface area contributed by atoms with Crippen molar-refractivity contribution in [1.29, 1.82) is 0 Å². The molecule has 0 saturated carbocycles. The van der Waals surface area contributed by atoms with Crippen molar-refractivity contribution < 1.29 is 18.8 Å². The third-order valence-electron chi connectivity index (χ3n) is 3.13. The molecule has 2 aromatic heterocycles. The fraction of sp³-hybridized carbons (Fsp3) is 0.0667. The Bertz CT molecular complexity index is 889. The topological polar surface area (TPSA) is 120 Å². The number of methoxy groups -OCH3 is 1. The number of nitrogens with one attached hydrogen (secondary N) is 1. The number of anilines is 1. The minimum Gasteiger partial charge on any atom is -0.497 e. The van der Waals surface area contributed by atoms with Crippen LogP contribution in [0.4, 0.5) is 5.88 Å². The van der Waals surface area contributed by atoms with E-state index in [0.29, 0.717) is 16.3 Å². The number of hydrogen-bond acceptors (Lipinski definition) is 7. The van der Waals surface area contributed by atoms with Gasteiger partial charge in [0.05, 0.1) is 7.11 Å². The summed E-state index contributed by atoms with van der Waals surface area (Å²) < 4.78 is 10.2. The van der Waals surface area contributed by atoms with Gasteiger partial charge in [0.15, 0.2) is 5.69 Å². The number of carbonyl (C=O) groups excluding carboxylic acids is 2. The van der Waals surface area contributed by atoms with Crippen molar-refractivity contribution in [3.63, 3.8) is 0 Å². The number of primary amides is 1. The van der Waals surface area contributed by atoms with E-state index < -0.39 is 11.8 Å². The summed E-state index contributed by atoms with van der Waals surface area (Å²) in [5, 5.41) is 8.48. The third kappa shape index (κ3) is 2.97. The molecular weight excluding hydrogens is 332 g/mol. The first kappa shape index (κ1) is 15.7. The average Bonchev–Trinajstić information content (AvgIpc) is 3.23. The molecule has 2 heterocycles. The maximum Gasteiger partial charge on any atom is 0.258 e. The van der Waals surface area contributed by atoms with Crippen LogP contribution in [0.15, 0.2) is 40.4 Å². The highest BCUT2D eigenvalue weighted by Gasteiger charge is 2.25. The zero-order chi connectivity index (χ0) is 17.1. The molecule has 3 aromatic rings. The van der Waals surface area contributed by atoms with Crippen molar-refractivity contribution in [2.24, 2.45) is 5.73 Å². The Labute approximate surface area is 140 Å². The monoisotopic (exact) mass is 344 g/mol. The molecule has 9 heteroatoms. The number of amides is 2. The number of nitrogens with zero attached hydrogens (tertiary/aromatic N) is 2. The van der Waals surface area contributed by atoms with Crippen molar-refractivity contribution >= 4 is 29.0 Å². The molecule has 8 nitrogen and oxygen atoms in total. The summed E-state index contributed by atoms with van der Waals surface area (Å²) in [6.07, 6.45) is 1.56. The van der Waals surface area contributed by atoms with Crippen molar-refractivity contribution in [1.82, 2.24) is 10.1 Å². The predicted octanol–water partition coefficient (Wildman–Crippen LogP) is 2.16. The van der Waals surface area contributed by atoms with Crippen LogP contribution in [0, 0.1) is 0 Å². The lowest BCUT2D eigenvalue weighted by atomic mass is 10.2. The Hall–Kier alpha value is -3.20. The van der Waals surface area contributed by atoms with Crippen LogP contribution in [0.5, 0.6) is 5.75 Å². The lowest BCUT2D eigenvalue weighted by Crippen LogP contribution is -2.17. The Morgan fingerprint density at radius 3 is 2.88 bits per heavy atom. The summed E-state index contributed by atoms with van der Waals surface area (Å²) in [5.74, 6) is -0.861. The van der Waals surface area contributed by atoms with Gasteiger partial charge in [0.25, 0.3) is 11.8 Å². The lowest BCUT2D eigenvalue weighted by molar-refractivity contribution is 0.100. The van der Waals surface area contributed by atoms with E-state index in [1.807, 2.05) is 0 Å². The molecule has 0 bridgehead atoms. The van der Waals surface area contributed by atoms with Gasteiger partial charge in [-0.05, 0) is 18.2 Å². The molecule has 0 unspecified atom stereocenters. The molecule has 122 valence electrons. The highest BCUT2D eigenvalue weighted by molar-refractivity contribution is 7.13. The number of thiazole rings is 1. The van der Waals surface area contributed by atoms with Crippen LogP contribution in [0.1, 0.15) is 20.7 Å². The third-order valence-corrected chi connectivity index (χ3v) is 3.91. The number of ether oxygens (including phenoxy) is 1. The maximum atomic E-state index is 12.3. The molecule has 0 aliphatic carbocycles. The van der Waals surface area contributed by atoms with Gasteiger partial charge in [-0.25, -0.2) is 4.98 Å². The highest BCUT2D eigenvalue weighted by Crippen LogP contribution is 2.30. The smallest absolute Gasteiger partial charge is 0.258 e. The van der Waals surface area contributed by atoms with Gasteiger partial charge in [-0.3, -0.25) is 14.9 Å². The normalized spacial score (nSPS) is 10.4. The molecule has 0 spiro atoms. The summed E-state index contributed by atoms with van der Waals surface area (Å²) in [6, 6.07) is 6.53. The van der Waals surface area contributed by atoms with Crippen molar-refractivity contribution in [2.75, 3.05) is 12.4 Å².